The van der Waals surface area contributed by atoms with Gasteiger partial charge in [-0.1, -0.05) is 58.7 Å². The SMILES string of the molecule is [CH2]C(CCc1cc(C)cc(C)c1)(CC(N)=O)c1cc(C)cc(C)c1. The van der Waals surface area contributed by atoms with E-state index < -0.39 is 5.41 Å². The summed E-state index contributed by atoms with van der Waals surface area (Å²) in [6.45, 7) is 12.8. The van der Waals surface area contributed by atoms with Crippen molar-refractivity contribution >= 4 is 5.91 Å². The van der Waals surface area contributed by atoms with Gasteiger partial charge >= 0.3 is 0 Å². The van der Waals surface area contributed by atoms with Crippen LogP contribution in [0.3, 0.4) is 0 Å². The molecule has 2 aromatic rings. The average Bonchev–Trinajstić information content (AvgIpc) is 2.42. The standard InChI is InChI=1S/C22H28NO/c1-15-8-16(2)11-19(10-15)6-7-22(5,14-21(23)24)20-12-17(3)9-18(4)13-20/h8-13H,5-7,14H2,1-4H3,(H2,23,24). The molecule has 1 atom stereocenters. The number of amides is 1. The molecule has 0 heterocycles. The van der Waals surface area contributed by atoms with Crippen LogP contribution >= 0.6 is 0 Å². The Bertz CT molecular complexity index is 707. The van der Waals surface area contributed by atoms with Crippen LogP contribution in [0.25, 0.3) is 0 Å². The van der Waals surface area contributed by atoms with Crippen LogP contribution in [0.15, 0.2) is 36.4 Å². The van der Waals surface area contributed by atoms with E-state index in [1.807, 2.05) is 0 Å². The summed E-state index contributed by atoms with van der Waals surface area (Å²) >= 11 is 0. The summed E-state index contributed by atoms with van der Waals surface area (Å²) in [6.07, 6.45) is 1.94. The average molecular weight is 322 g/mol. The van der Waals surface area contributed by atoms with Crippen LogP contribution in [0.1, 0.15) is 46.2 Å². The Balaban J connectivity index is 2.31. The van der Waals surface area contributed by atoms with Crippen molar-refractivity contribution in [2.45, 2.75) is 52.4 Å². The summed E-state index contributed by atoms with van der Waals surface area (Å²) in [4.78, 5) is 11.7. The second-order valence-corrected chi connectivity index (χ2v) is 7.30. The van der Waals surface area contributed by atoms with Crippen LogP contribution in [-0.2, 0) is 16.6 Å². The zero-order valence-corrected chi connectivity index (χ0v) is 15.3. The molecular weight excluding hydrogens is 294 g/mol. The first kappa shape index (κ1) is 18.3. The third-order valence-electron chi connectivity index (χ3n) is 4.52. The van der Waals surface area contributed by atoms with Crippen molar-refractivity contribution in [3.05, 3.63) is 76.7 Å². The number of benzene rings is 2. The summed E-state index contributed by atoms with van der Waals surface area (Å²) < 4.78 is 0. The third kappa shape index (κ3) is 4.70. The van der Waals surface area contributed by atoms with Gasteiger partial charge in [-0.25, -0.2) is 0 Å². The van der Waals surface area contributed by atoms with E-state index in [-0.39, 0.29) is 12.3 Å². The van der Waals surface area contributed by atoms with E-state index in [4.69, 9.17) is 5.73 Å². The highest BCUT2D eigenvalue weighted by molar-refractivity contribution is 5.76. The molecule has 24 heavy (non-hydrogen) atoms. The zero-order chi connectivity index (χ0) is 17.9. The molecule has 0 spiro atoms. The lowest BCUT2D eigenvalue weighted by Gasteiger charge is -2.30. The Morgan fingerprint density at radius 2 is 1.38 bits per heavy atom. The minimum absolute atomic E-state index is 0.265. The second kappa shape index (κ2) is 7.21. The Morgan fingerprint density at radius 1 is 0.917 bits per heavy atom. The monoisotopic (exact) mass is 322 g/mol. The fraction of sp³-hybridized carbons (Fsp3) is 0.364. The number of primary amides is 1. The number of nitrogens with two attached hydrogens (primary N) is 1. The summed E-state index contributed by atoms with van der Waals surface area (Å²) in [6, 6.07) is 13.0. The molecule has 1 amide bonds. The fourth-order valence-electron chi connectivity index (χ4n) is 3.55. The zero-order valence-electron chi connectivity index (χ0n) is 15.3. The number of carbonyl (C=O) groups excluding carboxylic acids is 1. The highest BCUT2D eigenvalue weighted by Gasteiger charge is 2.29. The largest absolute Gasteiger partial charge is 0.370 e. The van der Waals surface area contributed by atoms with Gasteiger partial charge in [0.25, 0.3) is 0 Å². The van der Waals surface area contributed by atoms with Gasteiger partial charge in [-0.2, -0.15) is 0 Å². The molecule has 2 heteroatoms. The topological polar surface area (TPSA) is 43.1 Å². The van der Waals surface area contributed by atoms with Gasteiger partial charge < -0.3 is 5.73 Å². The van der Waals surface area contributed by atoms with Gasteiger partial charge in [-0.3, -0.25) is 4.79 Å². The quantitative estimate of drug-likeness (QED) is 0.836. The van der Waals surface area contributed by atoms with E-state index in [9.17, 15) is 4.79 Å². The summed E-state index contributed by atoms with van der Waals surface area (Å²) in [5.41, 5.74) is 12.3. The molecule has 2 N–H and O–H groups in total. The van der Waals surface area contributed by atoms with Gasteiger partial charge in [-0.05, 0) is 58.6 Å². The molecule has 0 aromatic heterocycles. The van der Waals surface area contributed by atoms with Crippen LogP contribution < -0.4 is 5.73 Å². The van der Waals surface area contributed by atoms with Crippen molar-refractivity contribution in [3.8, 4) is 0 Å². The molecule has 0 saturated heterocycles. The van der Waals surface area contributed by atoms with Crippen LogP contribution in [0.2, 0.25) is 0 Å². The Labute approximate surface area is 146 Å². The van der Waals surface area contributed by atoms with Crippen molar-refractivity contribution in [2.75, 3.05) is 0 Å². The van der Waals surface area contributed by atoms with E-state index in [0.717, 1.165) is 18.4 Å². The maximum atomic E-state index is 11.7. The third-order valence-corrected chi connectivity index (χ3v) is 4.52. The maximum Gasteiger partial charge on any atom is 0.218 e. The molecule has 0 fully saturated rings. The van der Waals surface area contributed by atoms with Gasteiger partial charge in [0.05, 0.1) is 0 Å². The predicted octanol–water partition coefficient (Wildman–Crippen LogP) is 4.50. The number of hydrogen-bond acceptors (Lipinski definition) is 1. The molecular formula is C22H28NO. The van der Waals surface area contributed by atoms with Crippen molar-refractivity contribution < 1.29 is 4.79 Å². The molecule has 0 aliphatic heterocycles. The van der Waals surface area contributed by atoms with Crippen molar-refractivity contribution in [3.63, 3.8) is 0 Å². The second-order valence-electron chi connectivity index (χ2n) is 7.30. The Kier molecular flexibility index (Phi) is 5.48. The summed E-state index contributed by atoms with van der Waals surface area (Å²) in [7, 11) is 0. The van der Waals surface area contributed by atoms with E-state index in [1.54, 1.807) is 0 Å². The smallest absolute Gasteiger partial charge is 0.218 e. The number of rotatable bonds is 6. The van der Waals surface area contributed by atoms with Crippen molar-refractivity contribution in [1.29, 1.82) is 0 Å². The van der Waals surface area contributed by atoms with Gasteiger partial charge in [-0.15, -0.1) is 0 Å². The van der Waals surface area contributed by atoms with Crippen LogP contribution in [0.5, 0.6) is 0 Å². The highest BCUT2D eigenvalue weighted by atomic mass is 16.1. The van der Waals surface area contributed by atoms with Crippen molar-refractivity contribution in [2.24, 2.45) is 5.73 Å². The molecule has 0 aliphatic carbocycles. The number of carbonyl (C=O) groups is 1. The maximum absolute atomic E-state index is 11.7. The first-order valence-electron chi connectivity index (χ1n) is 8.47. The van der Waals surface area contributed by atoms with Crippen LogP contribution in [0, 0.1) is 34.6 Å². The van der Waals surface area contributed by atoms with Gasteiger partial charge in [0, 0.05) is 11.8 Å². The van der Waals surface area contributed by atoms with Crippen LogP contribution in [-0.4, -0.2) is 5.91 Å². The molecule has 0 bridgehead atoms. The van der Waals surface area contributed by atoms with Gasteiger partial charge in [0.1, 0.15) is 0 Å². The molecule has 2 rings (SSSR count). The minimum Gasteiger partial charge on any atom is -0.370 e. The summed E-state index contributed by atoms with van der Waals surface area (Å²) in [5.74, 6) is -0.301. The van der Waals surface area contributed by atoms with E-state index in [2.05, 4.69) is 71.0 Å². The van der Waals surface area contributed by atoms with Gasteiger partial charge in [0.2, 0.25) is 5.91 Å². The van der Waals surface area contributed by atoms with Crippen molar-refractivity contribution in [1.82, 2.24) is 0 Å². The van der Waals surface area contributed by atoms with Gasteiger partial charge in [0.15, 0.2) is 0 Å². The van der Waals surface area contributed by atoms with E-state index in [0.29, 0.717) is 0 Å². The number of aryl methyl sites for hydroxylation is 5. The fourth-order valence-corrected chi connectivity index (χ4v) is 3.55. The molecule has 2 aromatic carbocycles. The lowest BCUT2D eigenvalue weighted by Crippen LogP contribution is -2.30. The lowest BCUT2D eigenvalue weighted by atomic mass is 9.74. The molecule has 1 unspecified atom stereocenters. The van der Waals surface area contributed by atoms with E-state index in [1.165, 1.54) is 27.8 Å². The minimum atomic E-state index is -0.486. The Hall–Kier alpha value is -2.09. The number of hydrogen-bond donors (Lipinski definition) is 1. The first-order valence-corrected chi connectivity index (χ1v) is 8.47. The molecule has 1 radical (unpaired) electrons. The molecule has 2 nitrogen and oxygen atoms in total. The van der Waals surface area contributed by atoms with E-state index >= 15 is 0 Å². The normalized spacial score (nSPS) is 13.5. The molecule has 127 valence electrons. The first-order chi connectivity index (χ1) is 11.2. The summed E-state index contributed by atoms with van der Waals surface area (Å²) in [5, 5.41) is 0. The Morgan fingerprint density at radius 3 is 1.83 bits per heavy atom. The van der Waals surface area contributed by atoms with Crippen LogP contribution in [0.4, 0.5) is 0 Å². The lowest BCUT2D eigenvalue weighted by molar-refractivity contribution is -0.119. The highest BCUT2D eigenvalue weighted by Crippen LogP contribution is 2.33. The molecule has 0 saturated carbocycles. The predicted molar refractivity (Wildman–Crippen MR) is 101 cm³/mol. The molecule has 0 aliphatic rings.